The van der Waals surface area contributed by atoms with Crippen LogP contribution in [-0.4, -0.2) is 23.5 Å². The van der Waals surface area contributed by atoms with Gasteiger partial charge in [0.15, 0.2) is 0 Å². The lowest BCUT2D eigenvalue weighted by atomic mass is 10.2. The van der Waals surface area contributed by atoms with Crippen molar-refractivity contribution in [2.75, 3.05) is 6.61 Å². The molecule has 0 radical (unpaired) electrons. The summed E-state index contributed by atoms with van der Waals surface area (Å²) >= 11 is 5.78. The SMILES string of the molecule is CC(C)COC(=O)CCCC(=O)OCc1cccc(Cl)c1[N+](=O)[O-]. The van der Waals surface area contributed by atoms with Gasteiger partial charge in [-0.15, -0.1) is 0 Å². The van der Waals surface area contributed by atoms with Gasteiger partial charge in [-0.3, -0.25) is 19.7 Å². The van der Waals surface area contributed by atoms with Crippen molar-refractivity contribution < 1.29 is 24.0 Å². The molecule has 132 valence electrons. The summed E-state index contributed by atoms with van der Waals surface area (Å²) in [5.41, 5.74) is -0.0542. The molecular weight excluding hydrogens is 338 g/mol. The highest BCUT2D eigenvalue weighted by Gasteiger charge is 2.19. The number of esters is 2. The Balaban J connectivity index is 2.39. The number of benzene rings is 1. The van der Waals surface area contributed by atoms with E-state index in [1.165, 1.54) is 12.1 Å². The first-order valence-electron chi connectivity index (χ1n) is 7.54. The Labute approximate surface area is 145 Å². The second-order valence-electron chi connectivity index (χ2n) is 5.60. The topological polar surface area (TPSA) is 95.7 Å². The van der Waals surface area contributed by atoms with E-state index in [-0.39, 0.29) is 47.6 Å². The van der Waals surface area contributed by atoms with Crippen LogP contribution in [0.3, 0.4) is 0 Å². The fourth-order valence-corrected chi connectivity index (χ4v) is 2.08. The smallest absolute Gasteiger partial charge is 0.306 e. The zero-order valence-corrected chi connectivity index (χ0v) is 14.4. The van der Waals surface area contributed by atoms with E-state index in [4.69, 9.17) is 21.1 Å². The molecule has 0 saturated heterocycles. The molecular formula is C16H20ClNO6. The van der Waals surface area contributed by atoms with E-state index in [0.717, 1.165) is 0 Å². The van der Waals surface area contributed by atoms with Crippen molar-refractivity contribution in [1.82, 2.24) is 0 Å². The Bertz CT molecular complexity index is 602. The van der Waals surface area contributed by atoms with Gasteiger partial charge in [0.1, 0.15) is 11.6 Å². The van der Waals surface area contributed by atoms with E-state index < -0.39 is 10.9 Å². The number of hydrogen-bond acceptors (Lipinski definition) is 6. The van der Waals surface area contributed by atoms with Crippen LogP contribution in [0.2, 0.25) is 5.02 Å². The average Bonchev–Trinajstić information content (AvgIpc) is 2.50. The van der Waals surface area contributed by atoms with Crippen LogP contribution in [0.15, 0.2) is 18.2 Å². The highest BCUT2D eigenvalue weighted by Crippen LogP contribution is 2.28. The zero-order valence-electron chi connectivity index (χ0n) is 13.6. The molecule has 1 rings (SSSR count). The quantitative estimate of drug-likeness (QED) is 0.380. The summed E-state index contributed by atoms with van der Waals surface area (Å²) in [6, 6.07) is 4.41. The summed E-state index contributed by atoms with van der Waals surface area (Å²) < 4.78 is 9.99. The van der Waals surface area contributed by atoms with Crippen molar-refractivity contribution in [3.63, 3.8) is 0 Å². The molecule has 0 N–H and O–H groups in total. The van der Waals surface area contributed by atoms with Gasteiger partial charge in [-0.25, -0.2) is 0 Å². The van der Waals surface area contributed by atoms with E-state index in [1.54, 1.807) is 6.07 Å². The predicted molar refractivity (Wildman–Crippen MR) is 87.6 cm³/mol. The maximum absolute atomic E-state index is 11.7. The van der Waals surface area contributed by atoms with E-state index >= 15 is 0 Å². The van der Waals surface area contributed by atoms with Gasteiger partial charge < -0.3 is 9.47 Å². The van der Waals surface area contributed by atoms with Crippen molar-refractivity contribution in [2.45, 2.75) is 39.7 Å². The third-order valence-corrected chi connectivity index (χ3v) is 3.29. The molecule has 0 unspecified atom stereocenters. The lowest BCUT2D eigenvalue weighted by molar-refractivity contribution is -0.385. The van der Waals surface area contributed by atoms with Gasteiger partial charge in [-0.2, -0.15) is 0 Å². The van der Waals surface area contributed by atoms with Crippen LogP contribution in [0.4, 0.5) is 5.69 Å². The van der Waals surface area contributed by atoms with Gasteiger partial charge in [0.25, 0.3) is 5.69 Å². The first-order valence-corrected chi connectivity index (χ1v) is 7.92. The first-order chi connectivity index (χ1) is 11.3. The van der Waals surface area contributed by atoms with Gasteiger partial charge in [0.05, 0.1) is 17.1 Å². The molecule has 0 atom stereocenters. The van der Waals surface area contributed by atoms with Crippen LogP contribution in [0.25, 0.3) is 0 Å². The maximum atomic E-state index is 11.7. The van der Waals surface area contributed by atoms with Crippen molar-refractivity contribution in [3.8, 4) is 0 Å². The minimum absolute atomic E-state index is 0.0125. The Morgan fingerprint density at radius 3 is 2.42 bits per heavy atom. The molecule has 0 aliphatic carbocycles. The minimum atomic E-state index is -0.615. The van der Waals surface area contributed by atoms with Gasteiger partial charge in [0, 0.05) is 12.8 Å². The van der Waals surface area contributed by atoms with Gasteiger partial charge >= 0.3 is 11.9 Å². The summed E-state index contributed by atoms with van der Waals surface area (Å²) in [4.78, 5) is 33.4. The van der Waals surface area contributed by atoms with Crippen molar-refractivity contribution >= 4 is 29.2 Å². The third-order valence-electron chi connectivity index (χ3n) is 2.98. The highest BCUT2D eigenvalue weighted by atomic mass is 35.5. The number of carbonyl (C=O) groups excluding carboxylic acids is 2. The van der Waals surface area contributed by atoms with Crippen LogP contribution >= 0.6 is 11.6 Å². The summed E-state index contributed by atoms with van der Waals surface area (Å²) in [6.45, 7) is 3.97. The molecule has 0 aromatic heterocycles. The molecule has 0 amide bonds. The fraction of sp³-hybridized carbons (Fsp3) is 0.500. The second kappa shape index (κ2) is 9.87. The number of nitro benzene ring substituents is 1. The number of nitrogens with zero attached hydrogens (tertiary/aromatic N) is 1. The molecule has 0 bridgehead atoms. The summed E-state index contributed by atoms with van der Waals surface area (Å²) in [7, 11) is 0. The normalized spacial score (nSPS) is 10.5. The molecule has 0 aliphatic heterocycles. The van der Waals surface area contributed by atoms with Crippen LogP contribution in [0, 0.1) is 16.0 Å². The second-order valence-corrected chi connectivity index (χ2v) is 6.00. The number of carbonyl (C=O) groups is 2. The number of halogens is 1. The molecule has 0 aliphatic rings. The number of nitro groups is 1. The Hall–Kier alpha value is -2.15. The minimum Gasteiger partial charge on any atom is -0.465 e. The highest BCUT2D eigenvalue weighted by molar-refractivity contribution is 6.32. The predicted octanol–water partition coefficient (Wildman–Crippen LogP) is 3.66. The van der Waals surface area contributed by atoms with Crippen LogP contribution in [-0.2, 0) is 25.7 Å². The summed E-state index contributed by atoms with van der Waals surface area (Å²) in [5, 5.41) is 11.0. The Kier molecular flexibility index (Phi) is 8.18. The van der Waals surface area contributed by atoms with Gasteiger partial charge in [-0.1, -0.05) is 31.5 Å². The van der Waals surface area contributed by atoms with Crippen molar-refractivity contribution in [1.29, 1.82) is 0 Å². The molecule has 8 heteroatoms. The first kappa shape index (κ1) is 19.9. The largest absolute Gasteiger partial charge is 0.465 e. The number of rotatable bonds is 9. The van der Waals surface area contributed by atoms with E-state index in [0.29, 0.717) is 13.0 Å². The monoisotopic (exact) mass is 357 g/mol. The standard InChI is InChI=1S/C16H20ClNO6/c1-11(2)9-23-14(19)7-4-8-15(20)24-10-12-5-3-6-13(17)16(12)18(21)22/h3,5-6,11H,4,7-10H2,1-2H3. The summed E-state index contributed by atoms with van der Waals surface area (Å²) in [5.74, 6) is -0.643. The Morgan fingerprint density at radius 2 is 1.83 bits per heavy atom. The van der Waals surface area contributed by atoms with E-state index in [9.17, 15) is 19.7 Å². The number of para-hydroxylation sites is 1. The van der Waals surface area contributed by atoms with Gasteiger partial charge in [0.2, 0.25) is 0 Å². The lowest BCUT2D eigenvalue weighted by Crippen LogP contribution is -2.11. The molecule has 1 aromatic carbocycles. The molecule has 24 heavy (non-hydrogen) atoms. The van der Waals surface area contributed by atoms with Crippen LogP contribution in [0.1, 0.15) is 38.7 Å². The molecule has 7 nitrogen and oxygen atoms in total. The molecule has 0 spiro atoms. The molecule has 0 saturated carbocycles. The van der Waals surface area contributed by atoms with Crippen molar-refractivity contribution in [2.24, 2.45) is 5.92 Å². The molecule has 0 fully saturated rings. The lowest BCUT2D eigenvalue weighted by Gasteiger charge is -2.08. The fourth-order valence-electron chi connectivity index (χ4n) is 1.82. The zero-order chi connectivity index (χ0) is 18.1. The number of ether oxygens (including phenoxy) is 2. The summed E-state index contributed by atoms with van der Waals surface area (Å²) in [6.07, 6.45) is 0.456. The third kappa shape index (κ3) is 6.95. The number of hydrogen-bond donors (Lipinski definition) is 0. The van der Waals surface area contributed by atoms with Gasteiger partial charge in [-0.05, 0) is 24.5 Å². The van der Waals surface area contributed by atoms with E-state index in [1.807, 2.05) is 13.8 Å². The van der Waals surface area contributed by atoms with E-state index in [2.05, 4.69) is 0 Å². The van der Waals surface area contributed by atoms with Crippen molar-refractivity contribution in [3.05, 3.63) is 38.9 Å². The molecule has 1 aromatic rings. The Morgan fingerprint density at radius 1 is 1.21 bits per heavy atom. The van der Waals surface area contributed by atoms with Crippen LogP contribution in [0.5, 0.6) is 0 Å². The van der Waals surface area contributed by atoms with Crippen LogP contribution < -0.4 is 0 Å². The maximum Gasteiger partial charge on any atom is 0.306 e. The molecule has 0 heterocycles. The average molecular weight is 358 g/mol.